The van der Waals surface area contributed by atoms with Gasteiger partial charge in [0.15, 0.2) is 11.0 Å². The number of thiazole rings is 1. The molecule has 7 heteroatoms. The first-order valence-corrected chi connectivity index (χ1v) is 10.8. The third-order valence-corrected chi connectivity index (χ3v) is 6.18. The van der Waals surface area contributed by atoms with Gasteiger partial charge in [0.2, 0.25) is 0 Å². The van der Waals surface area contributed by atoms with E-state index in [9.17, 15) is 0 Å². The van der Waals surface area contributed by atoms with Crippen LogP contribution in [0.5, 0.6) is 0 Å². The summed E-state index contributed by atoms with van der Waals surface area (Å²) in [6.45, 7) is 5.05. The second kappa shape index (κ2) is 8.79. The molecule has 0 amide bonds. The topological polar surface area (TPSA) is 48.0 Å². The van der Waals surface area contributed by atoms with Crippen molar-refractivity contribution in [3.63, 3.8) is 0 Å². The van der Waals surface area contributed by atoms with E-state index in [2.05, 4.69) is 76.5 Å². The molecule has 0 saturated heterocycles. The van der Waals surface area contributed by atoms with Gasteiger partial charge in [0.05, 0.1) is 31.3 Å². The van der Waals surface area contributed by atoms with E-state index in [-0.39, 0.29) is 0 Å². The fourth-order valence-electron chi connectivity index (χ4n) is 3.04. The fraction of sp³-hybridized carbons (Fsp3) is 0.421. The summed E-state index contributed by atoms with van der Waals surface area (Å²) in [4.78, 5) is 5.94. The SMILES string of the molecule is CC[C@H](c1nnc(SCc2csc(C)n2)n1Cc1ccccc1)[NH+](C)C. The van der Waals surface area contributed by atoms with Crippen LogP contribution in [-0.2, 0) is 12.3 Å². The summed E-state index contributed by atoms with van der Waals surface area (Å²) in [6.07, 6.45) is 1.03. The van der Waals surface area contributed by atoms with Crippen molar-refractivity contribution in [1.82, 2.24) is 19.7 Å². The monoisotopic (exact) mass is 388 g/mol. The van der Waals surface area contributed by atoms with Gasteiger partial charge in [0, 0.05) is 17.6 Å². The molecule has 3 aromatic rings. The van der Waals surface area contributed by atoms with Gasteiger partial charge in [0.1, 0.15) is 6.04 Å². The molecular weight excluding hydrogens is 362 g/mol. The highest BCUT2D eigenvalue weighted by molar-refractivity contribution is 7.98. The molecule has 0 saturated carbocycles. The van der Waals surface area contributed by atoms with Gasteiger partial charge >= 0.3 is 0 Å². The molecule has 0 aliphatic rings. The van der Waals surface area contributed by atoms with Crippen LogP contribution in [0.2, 0.25) is 0 Å². The number of aromatic nitrogens is 4. The first kappa shape index (κ1) is 19.1. The van der Waals surface area contributed by atoms with Gasteiger partial charge in [-0.05, 0) is 12.5 Å². The Balaban J connectivity index is 1.88. The molecule has 0 aliphatic heterocycles. The van der Waals surface area contributed by atoms with Gasteiger partial charge < -0.3 is 4.90 Å². The number of nitrogens with zero attached hydrogens (tertiary/aromatic N) is 4. The molecule has 3 rings (SSSR count). The van der Waals surface area contributed by atoms with E-state index in [4.69, 9.17) is 0 Å². The van der Waals surface area contributed by atoms with Crippen molar-refractivity contribution < 1.29 is 4.90 Å². The Hall–Kier alpha value is -1.70. The van der Waals surface area contributed by atoms with Crippen LogP contribution in [0.1, 0.15) is 41.5 Å². The lowest BCUT2D eigenvalue weighted by molar-refractivity contribution is -0.893. The first-order valence-electron chi connectivity index (χ1n) is 8.89. The summed E-state index contributed by atoms with van der Waals surface area (Å²) in [6, 6.07) is 10.9. The number of nitrogens with one attached hydrogen (secondary N) is 1. The minimum atomic E-state index is 0.335. The third kappa shape index (κ3) is 4.52. The number of benzene rings is 1. The second-order valence-electron chi connectivity index (χ2n) is 6.60. The molecule has 1 atom stereocenters. The van der Waals surface area contributed by atoms with Crippen LogP contribution < -0.4 is 4.90 Å². The van der Waals surface area contributed by atoms with E-state index in [1.54, 1.807) is 23.1 Å². The quantitative estimate of drug-likeness (QED) is 0.603. The average Bonchev–Trinajstić information content (AvgIpc) is 3.21. The van der Waals surface area contributed by atoms with Crippen molar-refractivity contribution in [1.29, 1.82) is 0 Å². The summed E-state index contributed by atoms with van der Waals surface area (Å²) in [7, 11) is 4.36. The van der Waals surface area contributed by atoms with Gasteiger partial charge in [0.25, 0.3) is 0 Å². The highest BCUT2D eigenvalue weighted by Gasteiger charge is 2.25. The van der Waals surface area contributed by atoms with E-state index in [1.807, 2.05) is 6.92 Å². The third-order valence-electron chi connectivity index (χ3n) is 4.36. The van der Waals surface area contributed by atoms with Gasteiger partial charge in [-0.15, -0.1) is 21.5 Å². The second-order valence-corrected chi connectivity index (χ2v) is 8.60. The van der Waals surface area contributed by atoms with Crippen LogP contribution >= 0.6 is 23.1 Å². The Morgan fingerprint density at radius 3 is 2.58 bits per heavy atom. The molecule has 2 aromatic heterocycles. The van der Waals surface area contributed by atoms with Crippen LogP contribution in [-0.4, -0.2) is 33.8 Å². The summed E-state index contributed by atoms with van der Waals surface area (Å²) < 4.78 is 2.28. The Morgan fingerprint density at radius 1 is 1.19 bits per heavy atom. The molecular formula is C19H26N5S2+. The maximum Gasteiger partial charge on any atom is 0.192 e. The zero-order valence-electron chi connectivity index (χ0n) is 15.8. The normalized spacial score (nSPS) is 12.7. The molecule has 1 N–H and O–H groups in total. The highest BCUT2D eigenvalue weighted by Crippen LogP contribution is 2.25. The molecule has 5 nitrogen and oxygen atoms in total. The molecule has 0 aliphatic carbocycles. The predicted octanol–water partition coefficient (Wildman–Crippen LogP) is 2.98. The molecule has 2 heterocycles. The van der Waals surface area contributed by atoms with Gasteiger partial charge in [-0.1, -0.05) is 49.0 Å². The lowest BCUT2D eigenvalue weighted by Gasteiger charge is -2.20. The predicted molar refractivity (Wildman–Crippen MR) is 108 cm³/mol. The largest absolute Gasteiger partial charge is 0.331 e. The van der Waals surface area contributed by atoms with Crippen LogP contribution in [0.25, 0.3) is 0 Å². The van der Waals surface area contributed by atoms with Crippen molar-refractivity contribution in [3.8, 4) is 0 Å². The molecule has 0 radical (unpaired) electrons. The van der Waals surface area contributed by atoms with Crippen molar-refractivity contribution in [2.45, 2.75) is 43.8 Å². The van der Waals surface area contributed by atoms with Crippen molar-refractivity contribution >= 4 is 23.1 Å². The van der Waals surface area contributed by atoms with E-state index in [0.717, 1.165) is 40.4 Å². The highest BCUT2D eigenvalue weighted by atomic mass is 32.2. The maximum atomic E-state index is 4.58. The Bertz CT molecular complexity index is 826. The molecule has 138 valence electrons. The minimum absolute atomic E-state index is 0.335. The van der Waals surface area contributed by atoms with Crippen LogP contribution in [0.15, 0.2) is 40.9 Å². The van der Waals surface area contributed by atoms with E-state index in [0.29, 0.717) is 6.04 Å². The zero-order chi connectivity index (χ0) is 18.5. The van der Waals surface area contributed by atoms with Crippen LogP contribution in [0.3, 0.4) is 0 Å². The Morgan fingerprint density at radius 2 is 1.96 bits per heavy atom. The number of hydrogen-bond donors (Lipinski definition) is 1. The minimum Gasteiger partial charge on any atom is -0.331 e. The fourth-order valence-corrected chi connectivity index (χ4v) is 4.60. The molecule has 0 fully saturated rings. The lowest BCUT2D eigenvalue weighted by atomic mass is 10.2. The number of quaternary nitrogens is 1. The van der Waals surface area contributed by atoms with Gasteiger partial charge in [-0.3, -0.25) is 4.57 Å². The van der Waals surface area contributed by atoms with Crippen molar-refractivity contribution in [2.75, 3.05) is 14.1 Å². The number of hydrogen-bond acceptors (Lipinski definition) is 5. The molecule has 0 bridgehead atoms. The molecule has 0 spiro atoms. The maximum absolute atomic E-state index is 4.58. The first-order chi connectivity index (χ1) is 12.6. The van der Waals surface area contributed by atoms with Crippen LogP contribution in [0.4, 0.5) is 0 Å². The van der Waals surface area contributed by atoms with Crippen molar-refractivity contribution in [2.24, 2.45) is 0 Å². The Kier molecular flexibility index (Phi) is 6.45. The summed E-state index contributed by atoms with van der Waals surface area (Å²) in [5.74, 6) is 1.89. The van der Waals surface area contributed by atoms with Gasteiger partial charge in [-0.2, -0.15) is 0 Å². The Labute approximate surface area is 163 Å². The van der Waals surface area contributed by atoms with Crippen LogP contribution in [0, 0.1) is 6.92 Å². The average molecular weight is 389 g/mol. The van der Waals surface area contributed by atoms with E-state index < -0.39 is 0 Å². The van der Waals surface area contributed by atoms with E-state index in [1.165, 1.54) is 10.5 Å². The smallest absolute Gasteiger partial charge is 0.192 e. The zero-order valence-corrected chi connectivity index (χ0v) is 17.4. The van der Waals surface area contributed by atoms with Crippen molar-refractivity contribution in [3.05, 3.63) is 57.8 Å². The number of aryl methyl sites for hydroxylation is 1. The number of thioether (sulfide) groups is 1. The lowest BCUT2D eigenvalue weighted by Crippen LogP contribution is -3.06. The summed E-state index contributed by atoms with van der Waals surface area (Å²) in [5.41, 5.74) is 2.38. The number of rotatable bonds is 8. The summed E-state index contributed by atoms with van der Waals surface area (Å²) in [5, 5.41) is 13.3. The van der Waals surface area contributed by atoms with E-state index >= 15 is 0 Å². The molecule has 1 aromatic carbocycles. The van der Waals surface area contributed by atoms with Gasteiger partial charge in [-0.25, -0.2) is 4.98 Å². The standard InChI is InChI=1S/C19H25N5S2/c1-5-17(23(3)4)18-21-22-19(26-13-16-12-25-14(2)20-16)24(18)11-15-9-7-6-8-10-15/h6-10,12,17H,5,11,13H2,1-4H3/p+1/t17-/m1/s1. The summed E-state index contributed by atoms with van der Waals surface area (Å²) >= 11 is 3.41. The molecule has 0 unspecified atom stereocenters. The molecule has 26 heavy (non-hydrogen) atoms.